The largest absolute Gasteiger partial charge is 0.454 e. The Morgan fingerprint density at radius 3 is 2.68 bits per heavy atom. The summed E-state index contributed by atoms with van der Waals surface area (Å²) in [6, 6.07) is 3.10. The summed E-state index contributed by atoms with van der Waals surface area (Å²) in [4.78, 5) is 40.3. The molecule has 0 aliphatic carbocycles. The number of benzene rings is 1. The van der Waals surface area contributed by atoms with Gasteiger partial charge in [-0.1, -0.05) is 25.6 Å². The fourth-order valence-corrected chi connectivity index (χ4v) is 6.43. The predicted molar refractivity (Wildman–Crippen MR) is 157 cm³/mol. The highest BCUT2D eigenvalue weighted by atomic mass is 79.9. The number of ether oxygens (including phenoxy) is 3. The molecule has 14 heteroatoms. The van der Waals surface area contributed by atoms with Crippen LogP contribution in [-0.4, -0.2) is 75.2 Å². The number of aldehydes is 1. The maximum Gasteiger partial charge on any atom is 0.323 e. The number of aryl methyl sites for hydroxylation is 1. The predicted octanol–water partition coefficient (Wildman–Crippen LogP) is 3.25. The lowest BCUT2D eigenvalue weighted by Gasteiger charge is -2.33. The third kappa shape index (κ3) is 6.76. The summed E-state index contributed by atoms with van der Waals surface area (Å²) in [5, 5.41) is 0.763. The lowest BCUT2D eigenvalue weighted by Crippen LogP contribution is -2.44. The summed E-state index contributed by atoms with van der Waals surface area (Å²) in [5.41, 5.74) is 13.3. The van der Waals surface area contributed by atoms with Crippen molar-refractivity contribution in [1.29, 1.82) is 0 Å². The number of piperidine rings is 1. The van der Waals surface area contributed by atoms with E-state index in [0.29, 0.717) is 53.8 Å². The molecule has 0 amide bonds. The van der Waals surface area contributed by atoms with Crippen molar-refractivity contribution >= 4 is 56.9 Å². The minimum absolute atomic E-state index is 0.0569. The number of esters is 1. The van der Waals surface area contributed by atoms with Crippen molar-refractivity contribution in [2.24, 2.45) is 17.6 Å². The number of halogens is 1. The fourth-order valence-electron chi connectivity index (χ4n) is 4.92. The molecule has 4 N–H and O–H groups in total. The third-order valence-electron chi connectivity index (χ3n) is 7.47. The number of nitrogens with zero attached hydrogens (tertiary/aromatic N) is 5. The Morgan fingerprint density at radius 1 is 1.24 bits per heavy atom. The highest BCUT2D eigenvalue weighted by molar-refractivity contribution is 9.10. The van der Waals surface area contributed by atoms with Crippen LogP contribution in [0.4, 0.5) is 5.82 Å². The summed E-state index contributed by atoms with van der Waals surface area (Å²) in [7, 11) is 0. The van der Waals surface area contributed by atoms with Crippen molar-refractivity contribution in [2.45, 2.75) is 61.9 Å². The molecule has 12 nitrogen and oxygen atoms in total. The van der Waals surface area contributed by atoms with Gasteiger partial charge in [-0.3, -0.25) is 14.5 Å². The van der Waals surface area contributed by atoms with E-state index in [1.54, 1.807) is 0 Å². The molecule has 4 heterocycles. The van der Waals surface area contributed by atoms with Gasteiger partial charge in [0.2, 0.25) is 6.79 Å². The van der Waals surface area contributed by atoms with E-state index in [4.69, 9.17) is 30.7 Å². The Morgan fingerprint density at radius 2 is 1.98 bits per heavy atom. The van der Waals surface area contributed by atoms with E-state index in [1.165, 1.54) is 18.1 Å². The lowest BCUT2D eigenvalue weighted by molar-refractivity contribution is -0.155. The molecule has 3 aromatic rings. The Bertz CT molecular complexity index is 1410. The van der Waals surface area contributed by atoms with Crippen LogP contribution in [0.3, 0.4) is 0 Å². The van der Waals surface area contributed by atoms with Crippen LogP contribution in [0.5, 0.6) is 11.5 Å². The van der Waals surface area contributed by atoms with Crippen LogP contribution in [0.25, 0.3) is 11.2 Å². The molecule has 1 fully saturated rings. The average Bonchev–Trinajstić information content (AvgIpc) is 3.56. The van der Waals surface area contributed by atoms with Gasteiger partial charge < -0.3 is 30.2 Å². The quantitative estimate of drug-likeness (QED) is 0.231. The first-order chi connectivity index (χ1) is 19.7. The zero-order valence-corrected chi connectivity index (χ0v) is 25.4. The molecule has 2 atom stereocenters. The van der Waals surface area contributed by atoms with E-state index >= 15 is 0 Å². The van der Waals surface area contributed by atoms with Gasteiger partial charge in [0, 0.05) is 22.5 Å². The molecule has 0 radical (unpaired) electrons. The van der Waals surface area contributed by atoms with E-state index in [2.05, 4.69) is 35.4 Å². The maximum atomic E-state index is 12.2. The summed E-state index contributed by atoms with van der Waals surface area (Å²) in [5.74, 6) is 1.62. The topological polar surface area (TPSA) is 161 Å². The first-order valence-electron chi connectivity index (χ1n) is 13.6. The van der Waals surface area contributed by atoms with Gasteiger partial charge >= 0.3 is 5.97 Å². The van der Waals surface area contributed by atoms with Crippen molar-refractivity contribution in [1.82, 2.24) is 24.4 Å². The Balaban J connectivity index is 1.22. The number of imidazole rings is 1. The van der Waals surface area contributed by atoms with Gasteiger partial charge in [-0.25, -0.2) is 15.0 Å². The first-order valence-corrected chi connectivity index (χ1v) is 15.2. The second kappa shape index (κ2) is 12.9. The van der Waals surface area contributed by atoms with E-state index < -0.39 is 18.1 Å². The van der Waals surface area contributed by atoms with Gasteiger partial charge in [0.25, 0.3) is 0 Å². The molecule has 2 aliphatic heterocycles. The highest BCUT2D eigenvalue weighted by Gasteiger charge is 2.27. The number of carbonyl (C=O) groups is 2. The first kappa shape index (κ1) is 29.5. The van der Waals surface area contributed by atoms with Gasteiger partial charge in [-0.2, -0.15) is 0 Å². The number of hydrogen-bond donors (Lipinski definition) is 2. The third-order valence-corrected chi connectivity index (χ3v) is 9.44. The number of anilines is 1. The number of likely N-dealkylation sites (tertiary alicyclic amines) is 1. The van der Waals surface area contributed by atoms with Crippen LogP contribution in [0.2, 0.25) is 0 Å². The molecule has 220 valence electrons. The second-order valence-electron chi connectivity index (χ2n) is 10.6. The Labute approximate surface area is 250 Å². The highest BCUT2D eigenvalue weighted by Crippen LogP contribution is 2.43. The van der Waals surface area contributed by atoms with Crippen LogP contribution in [-0.2, 0) is 20.9 Å². The van der Waals surface area contributed by atoms with Crippen molar-refractivity contribution < 1.29 is 23.8 Å². The van der Waals surface area contributed by atoms with Crippen molar-refractivity contribution in [2.75, 3.05) is 32.2 Å². The van der Waals surface area contributed by atoms with E-state index in [9.17, 15) is 9.59 Å². The normalized spacial score (nSPS) is 17.2. The minimum atomic E-state index is -0.818. The number of hydrogen-bond acceptors (Lipinski definition) is 12. The maximum absolute atomic E-state index is 12.2. The molecular weight excluding hydrogens is 614 g/mol. The molecule has 5 rings (SSSR count). The SMILES string of the molecule is CC(C)[C@H](N)C(=O)OC(C=O)CN1CCC(CCn2c(Sc3cc4c(cc3Br)OCO4)nc3c(N)ncnc32)CC1. The molecule has 0 spiro atoms. The van der Waals surface area contributed by atoms with E-state index in [0.717, 1.165) is 46.9 Å². The smallest absolute Gasteiger partial charge is 0.323 e. The Hall–Kier alpha value is -2.94. The molecule has 1 unspecified atom stereocenters. The molecule has 2 aliphatic rings. The van der Waals surface area contributed by atoms with Gasteiger partial charge in [0.1, 0.15) is 12.4 Å². The molecule has 1 saturated heterocycles. The molecule has 1 aromatic carbocycles. The Kier molecular flexibility index (Phi) is 9.32. The summed E-state index contributed by atoms with van der Waals surface area (Å²) in [6.07, 6.45) is 4.18. The summed E-state index contributed by atoms with van der Waals surface area (Å²) < 4.78 is 19.4. The van der Waals surface area contributed by atoms with E-state index in [1.807, 2.05) is 26.0 Å². The zero-order valence-electron chi connectivity index (χ0n) is 23.0. The number of carbonyl (C=O) groups excluding carboxylic acids is 2. The van der Waals surface area contributed by atoms with Crippen molar-refractivity contribution in [3.05, 3.63) is 22.9 Å². The van der Waals surface area contributed by atoms with Crippen LogP contribution >= 0.6 is 27.7 Å². The van der Waals surface area contributed by atoms with Crippen LogP contribution < -0.4 is 20.9 Å². The van der Waals surface area contributed by atoms with Gasteiger partial charge in [0.05, 0.1) is 0 Å². The lowest BCUT2D eigenvalue weighted by atomic mass is 9.93. The number of rotatable bonds is 11. The number of nitrogens with two attached hydrogens (primary N) is 2. The van der Waals surface area contributed by atoms with Crippen molar-refractivity contribution in [3.8, 4) is 11.5 Å². The zero-order chi connectivity index (χ0) is 29.1. The van der Waals surface area contributed by atoms with Gasteiger partial charge in [-0.05, 0) is 72.3 Å². The van der Waals surface area contributed by atoms with Gasteiger partial charge in [0.15, 0.2) is 46.0 Å². The summed E-state index contributed by atoms with van der Waals surface area (Å²) in [6.45, 7) is 6.61. The standard InChI is InChI=1S/C27H34BrN7O5S/c1-15(2)22(29)26(37)40-17(12-36)11-34-6-3-16(4-7-34)5-8-35-25-23(24(30)31-13-32-25)33-27(35)41-21-10-20-19(9-18(21)28)38-14-39-20/h9-10,12-13,15-17,22H,3-8,11,14,29H2,1-2H3,(H2,30,31,32)/t17?,22-/m0/s1. The average molecular weight is 649 g/mol. The molecule has 0 saturated carbocycles. The van der Waals surface area contributed by atoms with Crippen molar-refractivity contribution in [3.63, 3.8) is 0 Å². The molecule has 2 aromatic heterocycles. The number of aromatic nitrogens is 4. The number of fused-ring (bicyclic) bond motifs is 2. The fraction of sp³-hybridized carbons (Fsp3) is 0.519. The summed E-state index contributed by atoms with van der Waals surface area (Å²) >= 11 is 5.14. The minimum Gasteiger partial charge on any atom is -0.454 e. The van der Waals surface area contributed by atoms with E-state index in [-0.39, 0.29) is 12.7 Å². The number of nitrogen functional groups attached to an aromatic ring is 1. The molecule has 0 bridgehead atoms. The molecular formula is C27H34BrN7O5S. The second-order valence-corrected chi connectivity index (χ2v) is 12.5. The van der Waals surface area contributed by atoms with Crippen LogP contribution in [0.15, 0.2) is 33.0 Å². The monoisotopic (exact) mass is 647 g/mol. The van der Waals surface area contributed by atoms with Gasteiger partial charge in [-0.15, -0.1) is 0 Å². The van der Waals surface area contributed by atoms with Crippen LogP contribution in [0.1, 0.15) is 33.1 Å². The molecule has 41 heavy (non-hydrogen) atoms. The van der Waals surface area contributed by atoms with Crippen LogP contribution in [0, 0.1) is 11.8 Å².